The van der Waals surface area contributed by atoms with E-state index in [4.69, 9.17) is 13.6 Å². The zero-order chi connectivity index (χ0) is 20.1. The molecule has 0 saturated heterocycles. The highest BCUT2D eigenvalue weighted by Gasteiger charge is 2.18. The molecular weight excluding hydrogens is 366 g/mol. The predicted molar refractivity (Wildman–Crippen MR) is 97.0 cm³/mol. The number of esters is 2. The Morgan fingerprint density at radius 2 is 1.86 bits per heavy atom. The molecular formula is C20H17NO7. The van der Waals surface area contributed by atoms with E-state index in [2.05, 4.69) is 10.1 Å². The molecule has 0 radical (unpaired) electrons. The molecule has 0 fully saturated rings. The van der Waals surface area contributed by atoms with Crippen LogP contribution in [0.4, 0.5) is 5.69 Å². The monoisotopic (exact) mass is 383 g/mol. The third-order valence-corrected chi connectivity index (χ3v) is 3.94. The van der Waals surface area contributed by atoms with Crippen molar-refractivity contribution in [2.45, 2.75) is 13.5 Å². The molecule has 1 N–H and O–H groups in total. The van der Waals surface area contributed by atoms with Gasteiger partial charge in [-0.15, -0.1) is 0 Å². The fourth-order valence-electron chi connectivity index (χ4n) is 2.42. The maximum atomic E-state index is 12.4. The largest absolute Gasteiger partial charge is 0.463 e. The van der Waals surface area contributed by atoms with Gasteiger partial charge in [0.25, 0.3) is 5.91 Å². The lowest BCUT2D eigenvalue weighted by molar-refractivity contribution is 0.0453. The van der Waals surface area contributed by atoms with Crippen LogP contribution in [-0.4, -0.2) is 25.0 Å². The first-order valence-electron chi connectivity index (χ1n) is 8.27. The maximum Gasteiger partial charge on any atom is 0.374 e. The summed E-state index contributed by atoms with van der Waals surface area (Å²) in [5, 5.41) is 2.69. The third-order valence-electron chi connectivity index (χ3n) is 3.94. The van der Waals surface area contributed by atoms with Gasteiger partial charge in [-0.25, -0.2) is 9.59 Å². The molecule has 8 nitrogen and oxygen atoms in total. The summed E-state index contributed by atoms with van der Waals surface area (Å²) in [5.41, 5.74) is 1.84. The molecule has 0 unspecified atom stereocenters. The van der Waals surface area contributed by atoms with Gasteiger partial charge in [-0.05, 0) is 42.8 Å². The number of furan rings is 2. The zero-order valence-electron chi connectivity index (χ0n) is 15.2. The van der Waals surface area contributed by atoms with Crippen molar-refractivity contribution in [3.05, 3.63) is 77.1 Å². The molecule has 0 saturated carbocycles. The second-order valence-corrected chi connectivity index (χ2v) is 5.80. The highest BCUT2D eigenvalue weighted by atomic mass is 16.5. The summed E-state index contributed by atoms with van der Waals surface area (Å²) in [6.07, 6.45) is 2.71. The minimum atomic E-state index is -0.658. The number of methoxy groups -OCH3 is 1. The van der Waals surface area contributed by atoms with E-state index in [0.29, 0.717) is 11.3 Å². The Balaban J connectivity index is 1.70. The second kappa shape index (κ2) is 8.26. The van der Waals surface area contributed by atoms with Crippen LogP contribution < -0.4 is 5.32 Å². The van der Waals surface area contributed by atoms with Crippen LogP contribution in [0.5, 0.6) is 0 Å². The first-order chi connectivity index (χ1) is 13.5. The Morgan fingerprint density at radius 3 is 2.57 bits per heavy atom. The summed E-state index contributed by atoms with van der Waals surface area (Å²) in [6, 6.07) is 9.43. The first kappa shape index (κ1) is 19.0. The lowest BCUT2D eigenvalue weighted by Crippen LogP contribution is -2.13. The van der Waals surface area contributed by atoms with E-state index in [1.165, 1.54) is 37.8 Å². The number of aryl methyl sites for hydroxylation is 1. The van der Waals surface area contributed by atoms with Crippen molar-refractivity contribution in [2.75, 3.05) is 12.4 Å². The molecule has 2 aromatic heterocycles. The van der Waals surface area contributed by atoms with Crippen molar-refractivity contribution in [1.29, 1.82) is 0 Å². The number of hydrogen-bond acceptors (Lipinski definition) is 7. The van der Waals surface area contributed by atoms with Crippen LogP contribution >= 0.6 is 0 Å². The normalized spacial score (nSPS) is 10.4. The highest BCUT2D eigenvalue weighted by molar-refractivity contribution is 6.03. The molecule has 0 atom stereocenters. The lowest BCUT2D eigenvalue weighted by atomic mass is 10.1. The molecule has 0 spiro atoms. The van der Waals surface area contributed by atoms with Crippen molar-refractivity contribution in [2.24, 2.45) is 0 Å². The number of anilines is 1. The molecule has 3 aromatic rings. The van der Waals surface area contributed by atoms with Gasteiger partial charge >= 0.3 is 11.9 Å². The van der Waals surface area contributed by atoms with Gasteiger partial charge in [-0.2, -0.15) is 0 Å². The van der Waals surface area contributed by atoms with E-state index >= 15 is 0 Å². The molecule has 28 heavy (non-hydrogen) atoms. The Morgan fingerprint density at radius 1 is 1.04 bits per heavy atom. The molecule has 144 valence electrons. The molecule has 2 heterocycles. The summed E-state index contributed by atoms with van der Waals surface area (Å²) in [7, 11) is 1.23. The van der Waals surface area contributed by atoms with Crippen molar-refractivity contribution >= 4 is 23.5 Å². The third kappa shape index (κ3) is 4.12. The molecule has 0 aliphatic heterocycles. The predicted octanol–water partition coefficient (Wildman–Crippen LogP) is 3.58. The van der Waals surface area contributed by atoms with Crippen LogP contribution in [0.25, 0.3) is 0 Å². The summed E-state index contributed by atoms with van der Waals surface area (Å²) >= 11 is 0. The Labute approximate surface area is 160 Å². The zero-order valence-corrected chi connectivity index (χ0v) is 15.2. The average molecular weight is 383 g/mol. The van der Waals surface area contributed by atoms with Gasteiger partial charge in [0.2, 0.25) is 5.76 Å². The summed E-state index contributed by atoms with van der Waals surface area (Å²) in [4.78, 5) is 36.1. The second-order valence-electron chi connectivity index (χ2n) is 5.80. The molecule has 1 amide bonds. The Hall–Kier alpha value is -3.81. The minimum absolute atomic E-state index is 0.0226. The first-order valence-corrected chi connectivity index (χ1v) is 8.27. The number of ether oxygens (including phenoxy) is 2. The smallest absolute Gasteiger partial charge is 0.374 e. The SMILES string of the molecule is COC(=O)c1occc1COC(=O)c1ccc(C)c(NC(=O)c2ccco2)c1. The van der Waals surface area contributed by atoms with Gasteiger partial charge in [0, 0.05) is 11.3 Å². The number of hydrogen-bond donors (Lipinski definition) is 1. The Kier molecular flexibility index (Phi) is 5.59. The molecule has 1 aromatic carbocycles. The van der Waals surface area contributed by atoms with Crippen molar-refractivity contribution in [1.82, 2.24) is 0 Å². The van der Waals surface area contributed by atoms with Crippen LogP contribution in [0, 0.1) is 6.92 Å². The van der Waals surface area contributed by atoms with Crippen molar-refractivity contribution < 1.29 is 32.7 Å². The highest BCUT2D eigenvalue weighted by Crippen LogP contribution is 2.20. The van der Waals surface area contributed by atoms with E-state index in [0.717, 1.165) is 5.56 Å². The fraction of sp³-hybridized carbons (Fsp3) is 0.150. The van der Waals surface area contributed by atoms with Gasteiger partial charge in [0.05, 0.1) is 25.2 Å². The standard InChI is InChI=1S/C20H17NO7/c1-12-5-6-13(10-15(12)21-18(22)16-4-3-8-26-16)19(23)28-11-14-7-9-27-17(14)20(24)25-2/h3-10H,11H2,1-2H3,(H,21,22). The fourth-order valence-corrected chi connectivity index (χ4v) is 2.42. The van der Waals surface area contributed by atoms with Crippen LogP contribution in [0.1, 0.15) is 42.6 Å². The van der Waals surface area contributed by atoms with Crippen LogP contribution in [0.2, 0.25) is 0 Å². The van der Waals surface area contributed by atoms with E-state index in [-0.39, 0.29) is 23.7 Å². The molecule has 0 aliphatic rings. The average Bonchev–Trinajstić information content (AvgIpc) is 3.39. The van der Waals surface area contributed by atoms with Gasteiger partial charge in [-0.1, -0.05) is 6.07 Å². The minimum Gasteiger partial charge on any atom is -0.463 e. The maximum absolute atomic E-state index is 12.4. The van der Waals surface area contributed by atoms with E-state index < -0.39 is 17.8 Å². The van der Waals surface area contributed by atoms with Crippen LogP contribution in [0.3, 0.4) is 0 Å². The molecule has 0 aliphatic carbocycles. The van der Waals surface area contributed by atoms with Crippen LogP contribution in [-0.2, 0) is 16.1 Å². The summed E-state index contributed by atoms with van der Waals surface area (Å²) < 4.78 is 19.9. The van der Waals surface area contributed by atoms with Gasteiger partial charge in [0.15, 0.2) is 5.76 Å². The lowest BCUT2D eigenvalue weighted by Gasteiger charge is -2.10. The number of carbonyl (C=O) groups is 3. The van der Waals surface area contributed by atoms with Crippen molar-refractivity contribution in [3.63, 3.8) is 0 Å². The molecule has 0 bridgehead atoms. The van der Waals surface area contributed by atoms with E-state index in [9.17, 15) is 14.4 Å². The number of amides is 1. The Bertz CT molecular complexity index is 1000. The summed E-state index contributed by atoms with van der Waals surface area (Å²) in [6.45, 7) is 1.63. The molecule has 8 heteroatoms. The van der Waals surface area contributed by atoms with E-state index in [1.807, 2.05) is 0 Å². The van der Waals surface area contributed by atoms with Crippen LogP contribution in [0.15, 0.2) is 57.8 Å². The number of rotatable bonds is 6. The number of carbonyl (C=O) groups excluding carboxylic acids is 3. The number of nitrogens with one attached hydrogen (secondary N) is 1. The van der Waals surface area contributed by atoms with Crippen molar-refractivity contribution in [3.8, 4) is 0 Å². The van der Waals surface area contributed by atoms with E-state index in [1.54, 1.807) is 25.1 Å². The molecule has 3 rings (SSSR count). The quantitative estimate of drug-likeness (QED) is 0.648. The topological polar surface area (TPSA) is 108 Å². The van der Waals surface area contributed by atoms with Gasteiger partial charge in [-0.3, -0.25) is 4.79 Å². The number of benzene rings is 1. The summed E-state index contributed by atoms with van der Waals surface area (Å²) in [5.74, 6) is -1.58. The van der Waals surface area contributed by atoms with Gasteiger partial charge in [0.1, 0.15) is 6.61 Å². The van der Waals surface area contributed by atoms with Gasteiger partial charge < -0.3 is 23.6 Å².